The molecular formula is C23H19N5O3S. The Labute approximate surface area is 188 Å². The van der Waals surface area contributed by atoms with Gasteiger partial charge in [0.05, 0.1) is 32.3 Å². The molecule has 0 unspecified atom stereocenters. The predicted octanol–water partition coefficient (Wildman–Crippen LogP) is 4.92. The first-order valence-electron chi connectivity index (χ1n) is 9.79. The summed E-state index contributed by atoms with van der Waals surface area (Å²) in [6, 6.07) is 14.7. The first kappa shape index (κ1) is 21.3. The van der Waals surface area contributed by atoms with Crippen LogP contribution in [-0.2, 0) is 4.79 Å². The molecule has 0 aliphatic rings. The number of nitriles is 1. The lowest BCUT2D eigenvalue weighted by atomic mass is 10.1. The molecule has 32 heavy (non-hydrogen) atoms. The highest BCUT2D eigenvalue weighted by Crippen LogP contribution is 2.31. The molecule has 2 aromatic heterocycles. The molecule has 1 amide bonds. The fourth-order valence-electron chi connectivity index (χ4n) is 3.54. The number of rotatable bonds is 5. The van der Waals surface area contributed by atoms with Crippen LogP contribution in [0.15, 0.2) is 47.5 Å². The summed E-state index contributed by atoms with van der Waals surface area (Å²) in [6.07, 6.45) is 0. The maximum atomic E-state index is 12.7. The van der Waals surface area contributed by atoms with Crippen molar-refractivity contribution in [2.75, 3.05) is 11.1 Å². The second-order valence-corrected chi connectivity index (χ2v) is 8.46. The summed E-state index contributed by atoms with van der Waals surface area (Å²) < 4.78 is 1.87. The van der Waals surface area contributed by atoms with Crippen LogP contribution in [0.1, 0.15) is 22.3 Å². The lowest BCUT2D eigenvalue weighted by Crippen LogP contribution is -2.16. The number of fused-ring (bicyclic) bond motifs is 3. The number of hydrogen-bond acceptors (Lipinski definition) is 6. The van der Waals surface area contributed by atoms with E-state index in [1.807, 2.05) is 48.6 Å². The van der Waals surface area contributed by atoms with E-state index in [0.29, 0.717) is 11.2 Å². The molecule has 160 valence electrons. The fourth-order valence-corrected chi connectivity index (χ4v) is 4.46. The maximum Gasteiger partial charge on any atom is 0.293 e. The van der Waals surface area contributed by atoms with Gasteiger partial charge in [-0.05, 0) is 61.7 Å². The van der Waals surface area contributed by atoms with Crippen LogP contribution in [0.3, 0.4) is 0 Å². The molecule has 0 radical (unpaired) electrons. The van der Waals surface area contributed by atoms with E-state index in [2.05, 4.69) is 16.4 Å². The molecule has 0 spiro atoms. The number of para-hydroxylation sites is 2. The Morgan fingerprint density at radius 3 is 2.62 bits per heavy atom. The monoisotopic (exact) mass is 445 g/mol. The van der Waals surface area contributed by atoms with Crippen LogP contribution in [-0.4, -0.2) is 26.0 Å². The number of aryl methyl sites for hydroxylation is 3. The molecular weight excluding hydrogens is 426 g/mol. The number of nitro groups is 1. The minimum atomic E-state index is -0.500. The number of aromatic nitrogens is 2. The van der Waals surface area contributed by atoms with Gasteiger partial charge in [0.25, 0.3) is 5.69 Å². The molecule has 0 aliphatic heterocycles. The van der Waals surface area contributed by atoms with Crippen molar-refractivity contribution in [2.24, 2.45) is 0 Å². The highest BCUT2D eigenvalue weighted by atomic mass is 32.2. The van der Waals surface area contributed by atoms with Crippen LogP contribution in [0.2, 0.25) is 0 Å². The number of nitrogens with one attached hydrogen (secondary N) is 1. The maximum absolute atomic E-state index is 12.7. The highest BCUT2D eigenvalue weighted by molar-refractivity contribution is 7.99. The first-order chi connectivity index (χ1) is 15.3. The van der Waals surface area contributed by atoms with E-state index in [1.165, 1.54) is 17.8 Å². The van der Waals surface area contributed by atoms with Gasteiger partial charge in [0, 0.05) is 6.07 Å². The van der Waals surface area contributed by atoms with Gasteiger partial charge < -0.3 is 5.32 Å². The SMILES string of the molecule is Cc1cc(NC(=O)CSc2cc(C)c(C#N)c3nc4ccccc4n23)c([N+](=O)[O-])cc1C. The Morgan fingerprint density at radius 2 is 1.91 bits per heavy atom. The lowest BCUT2D eigenvalue weighted by Gasteiger charge is -2.11. The quantitative estimate of drug-likeness (QED) is 0.265. The smallest absolute Gasteiger partial charge is 0.293 e. The zero-order valence-corrected chi connectivity index (χ0v) is 18.5. The number of carbonyl (C=O) groups is 1. The normalized spacial score (nSPS) is 10.9. The molecule has 0 saturated carbocycles. The number of nitrogens with zero attached hydrogens (tertiary/aromatic N) is 4. The summed E-state index contributed by atoms with van der Waals surface area (Å²) in [7, 11) is 0. The summed E-state index contributed by atoms with van der Waals surface area (Å²) in [5, 5.41) is 24.4. The molecule has 0 bridgehead atoms. The minimum Gasteiger partial charge on any atom is -0.320 e. The van der Waals surface area contributed by atoms with Crippen molar-refractivity contribution >= 4 is 45.7 Å². The van der Waals surface area contributed by atoms with E-state index in [1.54, 1.807) is 13.0 Å². The minimum absolute atomic E-state index is 0.0387. The zero-order chi connectivity index (χ0) is 23.0. The Bertz CT molecular complexity index is 1450. The van der Waals surface area contributed by atoms with Crippen molar-refractivity contribution in [2.45, 2.75) is 25.8 Å². The number of nitro benzene ring substituents is 1. The number of hydrogen-bond donors (Lipinski definition) is 1. The number of carbonyl (C=O) groups excluding carboxylic acids is 1. The third-order valence-electron chi connectivity index (χ3n) is 5.28. The highest BCUT2D eigenvalue weighted by Gasteiger charge is 2.19. The number of benzene rings is 2. The third kappa shape index (κ3) is 3.76. The number of thioether (sulfide) groups is 1. The summed E-state index contributed by atoms with van der Waals surface area (Å²) in [5.74, 6) is -0.322. The first-order valence-corrected chi connectivity index (χ1v) is 10.8. The van der Waals surface area contributed by atoms with Crippen molar-refractivity contribution in [1.82, 2.24) is 9.38 Å². The van der Waals surface area contributed by atoms with Crippen LogP contribution >= 0.6 is 11.8 Å². The molecule has 4 aromatic rings. The van der Waals surface area contributed by atoms with Crippen molar-refractivity contribution in [3.63, 3.8) is 0 Å². The van der Waals surface area contributed by atoms with Crippen molar-refractivity contribution in [3.05, 3.63) is 74.8 Å². The Hall–Kier alpha value is -3.90. The molecule has 0 atom stereocenters. The van der Waals surface area contributed by atoms with Crippen LogP contribution in [0, 0.1) is 42.2 Å². The van der Waals surface area contributed by atoms with Crippen molar-refractivity contribution in [1.29, 1.82) is 5.26 Å². The van der Waals surface area contributed by atoms with E-state index in [9.17, 15) is 20.2 Å². The van der Waals surface area contributed by atoms with Gasteiger partial charge in [0.2, 0.25) is 5.91 Å². The lowest BCUT2D eigenvalue weighted by molar-refractivity contribution is -0.384. The molecule has 1 N–H and O–H groups in total. The van der Waals surface area contributed by atoms with Crippen molar-refractivity contribution in [3.8, 4) is 6.07 Å². The molecule has 0 fully saturated rings. The molecule has 2 heterocycles. The second kappa shape index (κ2) is 8.32. The number of imidazole rings is 1. The molecule has 8 nitrogen and oxygen atoms in total. The Kier molecular flexibility index (Phi) is 5.55. The van der Waals surface area contributed by atoms with E-state index in [-0.39, 0.29) is 23.0 Å². The van der Waals surface area contributed by atoms with E-state index in [4.69, 9.17) is 0 Å². The molecule has 9 heteroatoms. The fraction of sp³-hybridized carbons (Fsp3) is 0.174. The summed E-state index contributed by atoms with van der Waals surface area (Å²) >= 11 is 1.28. The van der Waals surface area contributed by atoms with Gasteiger partial charge in [-0.1, -0.05) is 23.9 Å². The van der Waals surface area contributed by atoms with Gasteiger partial charge in [0.15, 0.2) is 5.65 Å². The molecule has 0 saturated heterocycles. The van der Waals surface area contributed by atoms with Gasteiger partial charge in [-0.15, -0.1) is 0 Å². The number of pyridine rings is 1. The zero-order valence-electron chi connectivity index (χ0n) is 17.7. The average molecular weight is 446 g/mol. The van der Waals surface area contributed by atoms with Crippen LogP contribution in [0.4, 0.5) is 11.4 Å². The van der Waals surface area contributed by atoms with Crippen LogP contribution < -0.4 is 5.32 Å². The third-order valence-corrected chi connectivity index (χ3v) is 6.29. The van der Waals surface area contributed by atoms with Gasteiger partial charge in [-0.25, -0.2) is 4.98 Å². The number of anilines is 1. The Balaban J connectivity index is 1.66. The number of amides is 1. The van der Waals surface area contributed by atoms with Gasteiger partial charge in [0.1, 0.15) is 11.8 Å². The summed E-state index contributed by atoms with van der Waals surface area (Å²) in [5.41, 5.74) is 5.07. The van der Waals surface area contributed by atoms with Gasteiger partial charge in [-0.3, -0.25) is 19.3 Å². The van der Waals surface area contributed by atoms with E-state index in [0.717, 1.165) is 32.7 Å². The second-order valence-electron chi connectivity index (χ2n) is 7.46. The van der Waals surface area contributed by atoms with Crippen molar-refractivity contribution < 1.29 is 9.72 Å². The predicted molar refractivity (Wildman–Crippen MR) is 124 cm³/mol. The van der Waals surface area contributed by atoms with Crippen LogP contribution in [0.25, 0.3) is 16.7 Å². The molecule has 0 aliphatic carbocycles. The van der Waals surface area contributed by atoms with Gasteiger partial charge >= 0.3 is 0 Å². The standard InChI is InChI=1S/C23H19N5O3S/c1-13-8-18(20(28(30)31)9-14(13)2)25-21(29)12-32-22-10-15(3)16(11-24)23-26-17-6-4-5-7-19(17)27(22)23/h4-10H,12H2,1-3H3,(H,25,29). The van der Waals surface area contributed by atoms with E-state index < -0.39 is 4.92 Å². The average Bonchev–Trinajstić information content (AvgIpc) is 3.13. The summed E-state index contributed by atoms with van der Waals surface area (Å²) in [6.45, 7) is 5.46. The van der Waals surface area contributed by atoms with E-state index >= 15 is 0 Å². The van der Waals surface area contributed by atoms with Crippen LogP contribution in [0.5, 0.6) is 0 Å². The van der Waals surface area contributed by atoms with Gasteiger partial charge in [-0.2, -0.15) is 5.26 Å². The largest absolute Gasteiger partial charge is 0.320 e. The molecule has 4 rings (SSSR count). The molecule has 2 aromatic carbocycles. The topological polar surface area (TPSA) is 113 Å². The summed E-state index contributed by atoms with van der Waals surface area (Å²) in [4.78, 5) is 28.2. The Morgan fingerprint density at radius 1 is 1.19 bits per heavy atom.